The summed E-state index contributed by atoms with van der Waals surface area (Å²) < 4.78 is 36.0. The Morgan fingerprint density at radius 1 is 1.05 bits per heavy atom. The maximum atomic E-state index is 14.5. The van der Waals surface area contributed by atoms with Crippen molar-refractivity contribution in [1.29, 1.82) is 0 Å². The number of ether oxygens (including phenoxy) is 6. The number of aliphatic hydroxyl groups is 2. The molecule has 11 heteroatoms. The molecule has 1 aliphatic heterocycles. The molecule has 0 radical (unpaired) electrons. The molecule has 5 saturated carbocycles. The number of hydrogen-bond donors (Lipinski definition) is 2. The number of benzene rings is 1. The zero-order valence-corrected chi connectivity index (χ0v) is 26.3. The molecule has 6 fully saturated rings. The molecule has 5 aliphatic carbocycles. The molecule has 0 aromatic heterocycles. The lowest BCUT2D eigenvalue weighted by Crippen LogP contribution is -2.77. The molecule has 1 saturated heterocycles. The predicted octanol–water partition coefficient (Wildman–Crippen LogP) is 1.18. The van der Waals surface area contributed by atoms with E-state index in [9.17, 15) is 19.8 Å². The highest BCUT2D eigenvalue weighted by Gasteiger charge is 2.87. The number of ketones is 1. The highest BCUT2D eigenvalue weighted by atomic mass is 16.6. The average molecular weight is 616 g/mol. The van der Waals surface area contributed by atoms with Crippen LogP contribution in [0.4, 0.5) is 0 Å². The van der Waals surface area contributed by atoms with E-state index in [4.69, 9.17) is 28.4 Å². The Morgan fingerprint density at radius 2 is 1.77 bits per heavy atom. The first-order valence-electron chi connectivity index (χ1n) is 15.7. The van der Waals surface area contributed by atoms with Gasteiger partial charge >= 0.3 is 5.97 Å². The molecule has 11 nitrogen and oxygen atoms in total. The zero-order valence-electron chi connectivity index (χ0n) is 26.3. The van der Waals surface area contributed by atoms with E-state index in [1.54, 1.807) is 52.7 Å². The minimum atomic E-state index is -1.73. The Bertz CT molecular complexity index is 1310. The number of likely N-dealkylation sites (tertiary alicyclic amines) is 1. The topological polar surface area (TPSA) is 133 Å². The van der Waals surface area contributed by atoms with Crippen LogP contribution in [-0.4, -0.2) is 124 Å². The van der Waals surface area contributed by atoms with Crippen LogP contribution < -0.4 is 4.74 Å². The molecule has 1 spiro atoms. The minimum absolute atomic E-state index is 0.101. The standard InChI is InChI=1S/C33H45NO10/c1-7-34-14-31(15-39-2)19(35)12-20(41-4)33-18-13-32(38)28(44-30(37)16-8-10-17(40-3)11-9-16)21(18)22(24(36)29(32)43-6)23(27(33)34)25(42-5)26(31)33/h8-11,18-23,25-29,35,38H,7,12-15H2,1-6H3/t18-,19-,20+,21+,22+,23?,25+,26-,27?,28-,29+,31+,32-,33?/m1/s1. The van der Waals surface area contributed by atoms with Crippen LogP contribution in [0.15, 0.2) is 24.3 Å². The lowest BCUT2D eigenvalue weighted by atomic mass is 9.43. The van der Waals surface area contributed by atoms with E-state index < -0.39 is 52.5 Å². The van der Waals surface area contributed by atoms with Crippen LogP contribution in [0.25, 0.3) is 0 Å². The quantitative estimate of drug-likeness (QED) is 0.388. The molecule has 6 aliphatic rings. The number of rotatable bonds is 9. The van der Waals surface area contributed by atoms with Gasteiger partial charge in [0.15, 0.2) is 5.78 Å². The number of piperidine rings is 1. The molecule has 1 aromatic carbocycles. The van der Waals surface area contributed by atoms with Crippen LogP contribution in [0.5, 0.6) is 5.75 Å². The summed E-state index contributed by atoms with van der Waals surface area (Å²) in [7, 11) is 8.02. The lowest BCUT2D eigenvalue weighted by molar-refractivity contribution is -0.280. The Hall–Kier alpha value is -2.12. The molecule has 1 heterocycles. The van der Waals surface area contributed by atoms with Gasteiger partial charge in [0.2, 0.25) is 0 Å². The largest absolute Gasteiger partial charge is 0.497 e. The van der Waals surface area contributed by atoms with Crippen LogP contribution in [0.3, 0.4) is 0 Å². The van der Waals surface area contributed by atoms with Crippen molar-refractivity contribution >= 4 is 11.8 Å². The third-order valence-electron chi connectivity index (χ3n) is 12.8. The fraction of sp³-hybridized carbons (Fsp3) is 0.758. The van der Waals surface area contributed by atoms with Gasteiger partial charge in [-0.15, -0.1) is 0 Å². The van der Waals surface area contributed by atoms with Crippen LogP contribution in [0.2, 0.25) is 0 Å². The van der Waals surface area contributed by atoms with E-state index in [0.29, 0.717) is 37.4 Å². The van der Waals surface area contributed by atoms with Gasteiger partial charge in [-0.05, 0) is 43.1 Å². The number of nitrogens with zero attached hydrogens (tertiary/aromatic N) is 1. The third kappa shape index (κ3) is 3.47. The second-order valence-electron chi connectivity index (χ2n) is 13.9. The molecule has 14 atom stereocenters. The molecule has 242 valence electrons. The average Bonchev–Trinajstić information content (AvgIpc) is 3.36. The van der Waals surface area contributed by atoms with Gasteiger partial charge in [0, 0.05) is 81.9 Å². The third-order valence-corrected chi connectivity index (χ3v) is 12.8. The molecule has 3 unspecified atom stereocenters. The van der Waals surface area contributed by atoms with Gasteiger partial charge in [-0.3, -0.25) is 9.69 Å². The summed E-state index contributed by atoms with van der Waals surface area (Å²) in [6.07, 6.45) is -3.03. The van der Waals surface area contributed by atoms with Gasteiger partial charge in [0.05, 0.1) is 37.6 Å². The van der Waals surface area contributed by atoms with Crippen molar-refractivity contribution in [1.82, 2.24) is 4.90 Å². The van der Waals surface area contributed by atoms with Crippen molar-refractivity contribution in [3.63, 3.8) is 0 Å². The summed E-state index contributed by atoms with van der Waals surface area (Å²) in [6.45, 7) is 3.73. The summed E-state index contributed by atoms with van der Waals surface area (Å²) >= 11 is 0. The smallest absolute Gasteiger partial charge is 0.338 e. The number of carbonyl (C=O) groups excluding carboxylic acids is 2. The highest BCUT2D eigenvalue weighted by Crippen LogP contribution is 2.78. The molecular formula is C33H45NO10. The highest BCUT2D eigenvalue weighted by molar-refractivity contribution is 5.92. The van der Waals surface area contributed by atoms with Gasteiger partial charge in [0.25, 0.3) is 0 Å². The zero-order chi connectivity index (χ0) is 31.3. The first-order chi connectivity index (χ1) is 21.1. The number of methoxy groups -OCH3 is 5. The van der Waals surface area contributed by atoms with E-state index in [0.717, 1.165) is 0 Å². The number of hydrogen-bond acceptors (Lipinski definition) is 11. The van der Waals surface area contributed by atoms with Gasteiger partial charge in [-0.25, -0.2) is 4.79 Å². The lowest BCUT2D eigenvalue weighted by Gasteiger charge is -2.69. The normalized spacial score (nSPS) is 48.4. The Labute approximate surface area is 258 Å². The second kappa shape index (κ2) is 10.4. The summed E-state index contributed by atoms with van der Waals surface area (Å²) in [5.41, 5.74) is -2.69. The fourth-order valence-corrected chi connectivity index (χ4v) is 11.8. The monoisotopic (exact) mass is 615 g/mol. The Morgan fingerprint density at radius 3 is 2.36 bits per heavy atom. The second-order valence-corrected chi connectivity index (χ2v) is 13.9. The maximum absolute atomic E-state index is 14.5. The molecule has 7 rings (SSSR count). The summed E-state index contributed by atoms with van der Waals surface area (Å²) in [5.74, 6) is -1.98. The van der Waals surface area contributed by atoms with Crippen molar-refractivity contribution in [2.75, 3.05) is 55.2 Å². The van der Waals surface area contributed by atoms with Crippen molar-refractivity contribution in [3.8, 4) is 5.75 Å². The first kappa shape index (κ1) is 30.5. The van der Waals surface area contributed by atoms with E-state index in [1.165, 1.54) is 7.11 Å². The number of aliphatic hydroxyl groups excluding tert-OH is 1. The van der Waals surface area contributed by atoms with Crippen molar-refractivity contribution in [3.05, 3.63) is 29.8 Å². The van der Waals surface area contributed by atoms with Gasteiger partial charge in [0.1, 0.15) is 23.6 Å². The number of carbonyl (C=O) groups is 2. The van der Waals surface area contributed by atoms with Crippen LogP contribution >= 0.6 is 0 Å². The summed E-state index contributed by atoms with van der Waals surface area (Å²) in [6, 6.07) is 6.53. The number of Topliss-reactive ketones (excluding diaryl/α,β-unsaturated/α-hetero) is 1. The van der Waals surface area contributed by atoms with Crippen molar-refractivity contribution in [2.45, 2.75) is 61.9 Å². The van der Waals surface area contributed by atoms with Gasteiger partial charge in [-0.1, -0.05) is 6.92 Å². The van der Waals surface area contributed by atoms with Crippen LogP contribution in [-0.2, 0) is 28.5 Å². The molecule has 44 heavy (non-hydrogen) atoms. The van der Waals surface area contributed by atoms with E-state index in [1.807, 2.05) is 0 Å². The fourth-order valence-electron chi connectivity index (χ4n) is 11.8. The first-order valence-corrected chi connectivity index (χ1v) is 15.7. The molecule has 0 amide bonds. The van der Waals surface area contributed by atoms with E-state index in [-0.39, 0.29) is 48.2 Å². The Balaban J connectivity index is 1.42. The molecule has 1 aromatic rings. The van der Waals surface area contributed by atoms with Crippen molar-refractivity contribution in [2.24, 2.45) is 40.4 Å². The van der Waals surface area contributed by atoms with Gasteiger partial charge < -0.3 is 38.6 Å². The van der Waals surface area contributed by atoms with Crippen LogP contribution in [0.1, 0.15) is 30.1 Å². The van der Waals surface area contributed by atoms with Gasteiger partial charge in [-0.2, -0.15) is 0 Å². The minimum Gasteiger partial charge on any atom is -0.497 e. The Kier molecular flexibility index (Phi) is 7.25. The van der Waals surface area contributed by atoms with Crippen LogP contribution in [0, 0.1) is 40.4 Å². The predicted molar refractivity (Wildman–Crippen MR) is 155 cm³/mol. The molecule has 7 bridgehead atoms. The van der Waals surface area contributed by atoms with E-state index in [2.05, 4.69) is 11.8 Å². The number of esters is 1. The van der Waals surface area contributed by atoms with Crippen molar-refractivity contribution < 1.29 is 48.2 Å². The van der Waals surface area contributed by atoms with E-state index >= 15 is 0 Å². The molecule has 2 N–H and O–H groups in total. The summed E-state index contributed by atoms with van der Waals surface area (Å²) in [5, 5.41) is 24.4. The number of fused-ring (bicyclic) bond motifs is 2. The summed E-state index contributed by atoms with van der Waals surface area (Å²) in [4.78, 5) is 30.6. The maximum Gasteiger partial charge on any atom is 0.338 e. The SMILES string of the molecule is CCN1C[C@]2(COC)[C@H](O)C[C@H](OC)C34C1C([C@H]1C(=O)[C@H](OC)[C@@]5(O)C[C@@H]3[C@@H]1[C@H]5OC(=O)c1ccc(OC)cc1)[C@H](OC)[C@@H]42. The molecular weight excluding hydrogens is 570 g/mol.